The van der Waals surface area contributed by atoms with Gasteiger partial charge in [0.1, 0.15) is 5.75 Å². The molecule has 1 heterocycles. The molecule has 134 valence electrons. The van der Waals surface area contributed by atoms with Crippen molar-refractivity contribution in [1.82, 2.24) is 10.2 Å². The van der Waals surface area contributed by atoms with Crippen LogP contribution in [0.2, 0.25) is 0 Å². The second kappa shape index (κ2) is 8.32. The highest BCUT2D eigenvalue weighted by molar-refractivity contribution is 5.29. The minimum Gasteiger partial charge on any atom is -0.497 e. The Labute approximate surface area is 146 Å². The van der Waals surface area contributed by atoms with Crippen LogP contribution < -0.4 is 10.1 Å². The summed E-state index contributed by atoms with van der Waals surface area (Å²) >= 11 is 0. The van der Waals surface area contributed by atoms with Gasteiger partial charge in [-0.05, 0) is 63.4 Å². The fourth-order valence-corrected chi connectivity index (χ4v) is 4.25. The third-order valence-corrected chi connectivity index (χ3v) is 5.80. The summed E-state index contributed by atoms with van der Waals surface area (Å²) in [6.45, 7) is 4.49. The van der Waals surface area contributed by atoms with Gasteiger partial charge in [0.25, 0.3) is 0 Å². The first kappa shape index (κ1) is 17.7. The Hall–Kier alpha value is -1.10. The lowest BCUT2D eigenvalue weighted by molar-refractivity contribution is 0.104. The normalized spacial score (nSPS) is 23.3. The zero-order valence-corrected chi connectivity index (χ0v) is 15.1. The standard InChI is InChI=1S/C20H32N2O2/c1-15(20(23)16-7-9-19(24-2)10-8-16)21-17-11-13-22(14-12-17)18-5-3-4-6-18/h7-10,15,17-18,20-21,23H,3-6,11-14H2,1-2H3. The van der Waals surface area contributed by atoms with E-state index in [0.29, 0.717) is 6.04 Å². The van der Waals surface area contributed by atoms with Gasteiger partial charge in [0.2, 0.25) is 0 Å². The van der Waals surface area contributed by atoms with Gasteiger partial charge in [-0.2, -0.15) is 0 Å². The van der Waals surface area contributed by atoms with E-state index in [0.717, 1.165) is 17.4 Å². The molecule has 1 aliphatic heterocycles. The van der Waals surface area contributed by atoms with Gasteiger partial charge in [0.05, 0.1) is 13.2 Å². The summed E-state index contributed by atoms with van der Waals surface area (Å²) in [7, 11) is 1.66. The van der Waals surface area contributed by atoms with Gasteiger partial charge in [-0.15, -0.1) is 0 Å². The molecule has 1 aromatic rings. The molecular formula is C20H32N2O2. The summed E-state index contributed by atoms with van der Waals surface area (Å²) in [6, 6.07) is 9.13. The van der Waals surface area contributed by atoms with Gasteiger partial charge in [0, 0.05) is 18.1 Å². The molecule has 1 aliphatic carbocycles. The Morgan fingerprint density at radius 1 is 1.08 bits per heavy atom. The number of piperidine rings is 1. The van der Waals surface area contributed by atoms with Crippen molar-refractivity contribution in [2.45, 2.75) is 69.7 Å². The van der Waals surface area contributed by atoms with Crippen molar-refractivity contribution < 1.29 is 9.84 Å². The van der Waals surface area contributed by atoms with Crippen LogP contribution in [0.15, 0.2) is 24.3 Å². The summed E-state index contributed by atoms with van der Waals surface area (Å²) < 4.78 is 5.18. The predicted molar refractivity (Wildman–Crippen MR) is 97.4 cm³/mol. The lowest BCUT2D eigenvalue weighted by Gasteiger charge is -2.38. The molecule has 24 heavy (non-hydrogen) atoms. The number of ether oxygens (including phenoxy) is 1. The maximum absolute atomic E-state index is 10.6. The number of hydrogen-bond acceptors (Lipinski definition) is 4. The second-order valence-electron chi connectivity index (χ2n) is 7.42. The molecule has 3 rings (SSSR count). The number of benzene rings is 1. The number of methoxy groups -OCH3 is 1. The Balaban J connectivity index is 1.46. The van der Waals surface area contributed by atoms with Gasteiger partial charge >= 0.3 is 0 Å². The molecule has 2 fully saturated rings. The van der Waals surface area contributed by atoms with E-state index in [1.54, 1.807) is 7.11 Å². The summed E-state index contributed by atoms with van der Waals surface area (Å²) in [4.78, 5) is 2.69. The monoisotopic (exact) mass is 332 g/mol. The molecule has 4 heteroatoms. The molecule has 1 aromatic carbocycles. The van der Waals surface area contributed by atoms with E-state index in [9.17, 15) is 5.11 Å². The Morgan fingerprint density at radius 2 is 1.71 bits per heavy atom. The van der Waals surface area contributed by atoms with Crippen molar-refractivity contribution >= 4 is 0 Å². The number of aliphatic hydroxyl groups excluding tert-OH is 1. The highest BCUT2D eigenvalue weighted by Crippen LogP contribution is 2.27. The first-order chi connectivity index (χ1) is 11.7. The Kier molecular flexibility index (Phi) is 6.14. The molecule has 0 amide bonds. The van der Waals surface area contributed by atoms with E-state index in [1.165, 1.54) is 51.6 Å². The van der Waals surface area contributed by atoms with Gasteiger partial charge < -0.3 is 20.1 Å². The van der Waals surface area contributed by atoms with E-state index in [2.05, 4.69) is 17.1 Å². The van der Waals surface area contributed by atoms with Gasteiger partial charge in [-0.3, -0.25) is 0 Å². The average Bonchev–Trinajstić information content (AvgIpc) is 3.16. The van der Waals surface area contributed by atoms with Crippen LogP contribution in [0.5, 0.6) is 5.75 Å². The Bertz CT molecular complexity index is 491. The van der Waals surface area contributed by atoms with Crippen LogP contribution in [0.4, 0.5) is 0 Å². The number of likely N-dealkylation sites (tertiary alicyclic amines) is 1. The topological polar surface area (TPSA) is 44.7 Å². The van der Waals surface area contributed by atoms with E-state index in [4.69, 9.17) is 4.74 Å². The quantitative estimate of drug-likeness (QED) is 0.840. The molecule has 1 saturated heterocycles. The van der Waals surface area contributed by atoms with E-state index >= 15 is 0 Å². The van der Waals surface area contributed by atoms with Gasteiger partial charge in [0.15, 0.2) is 0 Å². The van der Waals surface area contributed by atoms with E-state index in [-0.39, 0.29) is 6.04 Å². The fourth-order valence-electron chi connectivity index (χ4n) is 4.25. The molecule has 2 atom stereocenters. The summed E-state index contributed by atoms with van der Waals surface area (Å²) in [5.41, 5.74) is 0.944. The minimum atomic E-state index is -0.483. The minimum absolute atomic E-state index is 0.0569. The van der Waals surface area contributed by atoms with Crippen molar-refractivity contribution in [3.8, 4) is 5.75 Å². The zero-order valence-electron chi connectivity index (χ0n) is 15.1. The summed E-state index contributed by atoms with van der Waals surface area (Å²) in [5.74, 6) is 0.825. The third-order valence-electron chi connectivity index (χ3n) is 5.80. The van der Waals surface area contributed by atoms with E-state index < -0.39 is 6.10 Å². The zero-order chi connectivity index (χ0) is 16.9. The van der Waals surface area contributed by atoms with Crippen LogP contribution in [0.25, 0.3) is 0 Å². The SMILES string of the molecule is COc1ccc(C(O)C(C)NC2CCN(C3CCCC3)CC2)cc1. The smallest absolute Gasteiger partial charge is 0.118 e. The van der Waals surface area contributed by atoms with Crippen molar-refractivity contribution in [3.63, 3.8) is 0 Å². The van der Waals surface area contributed by atoms with Crippen molar-refractivity contribution in [1.29, 1.82) is 0 Å². The lowest BCUT2D eigenvalue weighted by Crippen LogP contribution is -2.49. The maximum atomic E-state index is 10.6. The highest BCUT2D eigenvalue weighted by atomic mass is 16.5. The number of aliphatic hydroxyl groups is 1. The van der Waals surface area contributed by atoms with Gasteiger partial charge in [-0.25, -0.2) is 0 Å². The van der Waals surface area contributed by atoms with Crippen molar-refractivity contribution in [2.75, 3.05) is 20.2 Å². The molecule has 4 nitrogen and oxygen atoms in total. The molecule has 0 bridgehead atoms. The first-order valence-electron chi connectivity index (χ1n) is 9.49. The Morgan fingerprint density at radius 3 is 2.29 bits per heavy atom. The second-order valence-corrected chi connectivity index (χ2v) is 7.42. The molecule has 0 aromatic heterocycles. The molecule has 0 radical (unpaired) electrons. The number of nitrogens with one attached hydrogen (secondary N) is 1. The maximum Gasteiger partial charge on any atom is 0.118 e. The number of nitrogens with zero attached hydrogens (tertiary/aromatic N) is 1. The molecule has 2 unspecified atom stereocenters. The first-order valence-corrected chi connectivity index (χ1v) is 9.49. The molecule has 0 spiro atoms. The van der Waals surface area contributed by atoms with Crippen LogP contribution in [-0.4, -0.2) is 48.3 Å². The average molecular weight is 332 g/mol. The fraction of sp³-hybridized carbons (Fsp3) is 0.700. The summed E-state index contributed by atoms with van der Waals surface area (Å²) in [5, 5.41) is 14.2. The molecule has 2 aliphatic rings. The van der Waals surface area contributed by atoms with Crippen LogP contribution in [-0.2, 0) is 0 Å². The number of hydrogen-bond donors (Lipinski definition) is 2. The van der Waals surface area contributed by atoms with Gasteiger partial charge in [-0.1, -0.05) is 25.0 Å². The molecule has 1 saturated carbocycles. The molecular weight excluding hydrogens is 300 g/mol. The van der Waals surface area contributed by atoms with Crippen LogP contribution in [0.3, 0.4) is 0 Å². The third kappa shape index (κ3) is 4.29. The van der Waals surface area contributed by atoms with Crippen LogP contribution in [0, 0.1) is 0 Å². The predicted octanol–water partition coefficient (Wildman–Crippen LogP) is 3.11. The largest absolute Gasteiger partial charge is 0.497 e. The lowest BCUT2D eigenvalue weighted by atomic mass is 9.98. The molecule has 2 N–H and O–H groups in total. The van der Waals surface area contributed by atoms with E-state index in [1.807, 2.05) is 24.3 Å². The van der Waals surface area contributed by atoms with Crippen molar-refractivity contribution in [2.24, 2.45) is 0 Å². The highest BCUT2D eigenvalue weighted by Gasteiger charge is 2.28. The van der Waals surface area contributed by atoms with Crippen LogP contribution in [0.1, 0.15) is 57.1 Å². The number of rotatable bonds is 6. The van der Waals surface area contributed by atoms with Crippen molar-refractivity contribution in [3.05, 3.63) is 29.8 Å². The van der Waals surface area contributed by atoms with Crippen LogP contribution >= 0.6 is 0 Å². The summed E-state index contributed by atoms with van der Waals surface area (Å²) in [6.07, 6.45) is 7.51.